The van der Waals surface area contributed by atoms with Crippen LogP contribution in [-0.4, -0.2) is 47.5 Å². The molecule has 29 heavy (non-hydrogen) atoms. The van der Waals surface area contributed by atoms with Gasteiger partial charge in [-0.25, -0.2) is 0 Å². The molecule has 1 atom stereocenters. The minimum atomic E-state index is -0.835. The van der Waals surface area contributed by atoms with Crippen LogP contribution in [0.5, 0.6) is 0 Å². The number of likely N-dealkylation sites (tertiary alicyclic amines) is 1. The fourth-order valence-electron chi connectivity index (χ4n) is 4.38. The lowest BCUT2D eigenvalue weighted by molar-refractivity contribution is -0.136. The van der Waals surface area contributed by atoms with Gasteiger partial charge in [-0.05, 0) is 44.5 Å². The van der Waals surface area contributed by atoms with Crippen LogP contribution in [0, 0.1) is 11.3 Å². The fourth-order valence-corrected chi connectivity index (χ4v) is 4.38. The number of piperidine rings is 1. The zero-order valence-electron chi connectivity index (χ0n) is 18.0. The predicted molar refractivity (Wildman–Crippen MR) is 115 cm³/mol. The molecule has 1 unspecified atom stereocenters. The first-order valence-corrected chi connectivity index (χ1v) is 10.6. The summed E-state index contributed by atoms with van der Waals surface area (Å²) in [7, 11) is 0. The Bertz CT molecular complexity index is 762. The molecular formula is C23H33N3O3. The van der Waals surface area contributed by atoms with Gasteiger partial charge in [-0.3, -0.25) is 19.3 Å². The number of nitrogens with zero attached hydrogens (tertiary/aromatic N) is 1. The van der Waals surface area contributed by atoms with Gasteiger partial charge in [-0.15, -0.1) is 0 Å². The highest BCUT2D eigenvalue weighted by Gasteiger charge is 2.50. The topological polar surface area (TPSA) is 78.5 Å². The third-order valence-corrected chi connectivity index (χ3v) is 6.56. The molecule has 0 radical (unpaired) electrons. The summed E-state index contributed by atoms with van der Waals surface area (Å²) in [6.45, 7) is 9.19. The second-order valence-electron chi connectivity index (χ2n) is 9.29. The monoisotopic (exact) mass is 399 g/mol. The molecular weight excluding hydrogens is 366 g/mol. The number of carbonyl (C=O) groups is 3. The van der Waals surface area contributed by atoms with Gasteiger partial charge in [0.2, 0.25) is 5.78 Å². The molecule has 6 nitrogen and oxygen atoms in total. The quantitative estimate of drug-likeness (QED) is 0.515. The van der Waals surface area contributed by atoms with Gasteiger partial charge >= 0.3 is 0 Å². The first kappa shape index (κ1) is 21.5. The molecule has 1 saturated heterocycles. The Morgan fingerprint density at radius 3 is 2.38 bits per heavy atom. The summed E-state index contributed by atoms with van der Waals surface area (Å²) in [4.78, 5) is 38.9. The summed E-state index contributed by atoms with van der Waals surface area (Å²) in [5, 5.41) is 6.95. The average molecular weight is 400 g/mol. The van der Waals surface area contributed by atoms with Crippen LogP contribution in [0.4, 0.5) is 11.4 Å². The summed E-state index contributed by atoms with van der Waals surface area (Å²) < 4.78 is 0. The van der Waals surface area contributed by atoms with Crippen molar-refractivity contribution in [2.75, 3.05) is 23.7 Å². The number of rotatable bonds is 8. The standard InChI is InChI=1S/C23H33N3O3/c1-16(2)23(24-17-9-5-6-10-18(17)25-23)21(29)19-11-7-8-13-26(19)14-12-22(3,4)20(28)15-27/h5-6,9-10,15-16,19,24-25H,7-8,11-14H2,1-4H3. The van der Waals surface area contributed by atoms with Gasteiger partial charge in [0.25, 0.3) is 0 Å². The predicted octanol–water partition coefficient (Wildman–Crippen LogP) is 3.48. The number of carbonyl (C=O) groups excluding carboxylic acids is 3. The summed E-state index contributed by atoms with van der Waals surface area (Å²) in [6.07, 6.45) is 3.85. The zero-order valence-corrected chi connectivity index (χ0v) is 18.0. The van der Waals surface area contributed by atoms with E-state index < -0.39 is 11.1 Å². The fraction of sp³-hybridized carbons (Fsp3) is 0.609. The Morgan fingerprint density at radius 2 is 1.83 bits per heavy atom. The van der Waals surface area contributed by atoms with Crippen molar-refractivity contribution >= 4 is 29.2 Å². The Kier molecular flexibility index (Phi) is 6.13. The molecule has 0 aromatic heterocycles. The van der Waals surface area contributed by atoms with Gasteiger partial charge in [0.1, 0.15) is 0 Å². The highest BCUT2D eigenvalue weighted by Crippen LogP contribution is 2.40. The molecule has 1 aromatic rings. The van der Waals surface area contributed by atoms with E-state index in [1.807, 2.05) is 24.3 Å². The third-order valence-electron chi connectivity index (χ3n) is 6.56. The first-order chi connectivity index (χ1) is 13.7. The minimum absolute atomic E-state index is 0.0549. The molecule has 0 spiro atoms. The molecule has 2 aliphatic heterocycles. The summed E-state index contributed by atoms with van der Waals surface area (Å²) >= 11 is 0. The Labute approximate surface area is 173 Å². The number of aldehydes is 1. The van der Waals surface area contributed by atoms with Crippen molar-refractivity contribution in [3.05, 3.63) is 24.3 Å². The van der Waals surface area contributed by atoms with Gasteiger partial charge in [0.05, 0.1) is 17.4 Å². The second kappa shape index (κ2) is 8.27. The Hall–Kier alpha value is -2.21. The maximum atomic E-state index is 13.9. The van der Waals surface area contributed by atoms with Crippen LogP contribution in [0.1, 0.15) is 53.4 Å². The van der Waals surface area contributed by atoms with E-state index in [1.165, 1.54) is 0 Å². The normalized spacial score (nSPS) is 21.2. The maximum absolute atomic E-state index is 13.9. The molecule has 1 aromatic carbocycles. The van der Waals surface area contributed by atoms with E-state index in [9.17, 15) is 14.4 Å². The lowest BCUT2D eigenvalue weighted by Gasteiger charge is -2.42. The Morgan fingerprint density at radius 1 is 1.21 bits per heavy atom. The van der Waals surface area contributed by atoms with Gasteiger partial charge in [-0.1, -0.05) is 46.2 Å². The molecule has 6 heteroatoms. The minimum Gasteiger partial charge on any atom is -0.355 e. The van der Waals surface area contributed by atoms with E-state index in [-0.39, 0.29) is 23.5 Å². The molecule has 2 aliphatic rings. The number of para-hydroxylation sites is 2. The highest BCUT2D eigenvalue weighted by molar-refractivity contribution is 6.27. The maximum Gasteiger partial charge on any atom is 0.200 e. The molecule has 2 heterocycles. The number of hydrogen-bond acceptors (Lipinski definition) is 6. The van der Waals surface area contributed by atoms with E-state index in [0.29, 0.717) is 19.3 Å². The van der Waals surface area contributed by atoms with Crippen LogP contribution in [-0.2, 0) is 14.4 Å². The van der Waals surface area contributed by atoms with E-state index in [1.54, 1.807) is 13.8 Å². The number of nitrogens with one attached hydrogen (secondary N) is 2. The lowest BCUT2D eigenvalue weighted by atomic mass is 9.82. The van der Waals surface area contributed by atoms with Crippen molar-refractivity contribution in [1.29, 1.82) is 0 Å². The SMILES string of the molecule is CC(C)C1(C(=O)C2CCCCN2CCC(C)(C)C(=O)C=O)Nc2ccccc2N1. The number of ketones is 2. The van der Waals surface area contributed by atoms with Gasteiger partial charge in [0.15, 0.2) is 17.7 Å². The zero-order chi connectivity index (χ0) is 21.2. The van der Waals surface area contributed by atoms with E-state index in [0.717, 1.165) is 37.2 Å². The van der Waals surface area contributed by atoms with E-state index in [2.05, 4.69) is 29.4 Å². The number of hydrogen-bond donors (Lipinski definition) is 2. The summed E-state index contributed by atoms with van der Waals surface area (Å²) in [5.74, 6) is -0.173. The van der Waals surface area contributed by atoms with Gasteiger partial charge in [-0.2, -0.15) is 0 Å². The van der Waals surface area contributed by atoms with Crippen molar-refractivity contribution in [3.8, 4) is 0 Å². The van der Waals surface area contributed by atoms with Crippen molar-refractivity contribution in [2.45, 2.75) is 65.1 Å². The number of benzene rings is 1. The smallest absolute Gasteiger partial charge is 0.200 e. The van der Waals surface area contributed by atoms with Crippen LogP contribution < -0.4 is 10.6 Å². The van der Waals surface area contributed by atoms with E-state index >= 15 is 0 Å². The molecule has 0 aliphatic carbocycles. The van der Waals surface area contributed by atoms with Crippen LogP contribution in [0.2, 0.25) is 0 Å². The third kappa shape index (κ3) is 4.08. The van der Waals surface area contributed by atoms with Crippen molar-refractivity contribution in [3.63, 3.8) is 0 Å². The highest BCUT2D eigenvalue weighted by atomic mass is 16.2. The van der Waals surface area contributed by atoms with Crippen LogP contribution in [0.25, 0.3) is 0 Å². The number of Topliss-reactive ketones (excluding diaryl/α,β-unsaturated/α-hetero) is 2. The van der Waals surface area contributed by atoms with Crippen molar-refractivity contribution in [2.24, 2.45) is 11.3 Å². The van der Waals surface area contributed by atoms with Crippen LogP contribution in [0.3, 0.4) is 0 Å². The van der Waals surface area contributed by atoms with Crippen molar-refractivity contribution in [1.82, 2.24) is 4.90 Å². The Balaban J connectivity index is 1.80. The summed E-state index contributed by atoms with van der Waals surface area (Å²) in [5.41, 5.74) is 0.366. The average Bonchev–Trinajstić information content (AvgIpc) is 3.12. The molecule has 158 valence electrons. The van der Waals surface area contributed by atoms with Gasteiger partial charge in [0, 0.05) is 11.3 Å². The second-order valence-corrected chi connectivity index (χ2v) is 9.29. The summed E-state index contributed by atoms with van der Waals surface area (Å²) in [6, 6.07) is 7.71. The lowest BCUT2D eigenvalue weighted by Crippen LogP contribution is -2.62. The molecule has 2 N–H and O–H groups in total. The molecule has 1 fully saturated rings. The van der Waals surface area contributed by atoms with Gasteiger partial charge < -0.3 is 10.6 Å². The largest absolute Gasteiger partial charge is 0.355 e. The van der Waals surface area contributed by atoms with Crippen LogP contribution >= 0.6 is 0 Å². The number of fused-ring (bicyclic) bond motifs is 1. The first-order valence-electron chi connectivity index (χ1n) is 10.6. The number of anilines is 2. The van der Waals surface area contributed by atoms with Crippen molar-refractivity contribution < 1.29 is 14.4 Å². The van der Waals surface area contributed by atoms with E-state index in [4.69, 9.17) is 0 Å². The molecule has 0 amide bonds. The molecule has 3 rings (SSSR count). The molecule has 0 saturated carbocycles. The molecule has 0 bridgehead atoms. The van der Waals surface area contributed by atoms with Crippen LogP contribution in [0.15, 0.2) is 24.3 Å².